The molecular weight excluding hydrogens is 166 g/mol. The number of nitrogens with zero attached hydrogens (tertiary/aromatic N) is 1. The highest BCUT2D eigenvalue weighted by molar-refractivity contribution is 5.97. The van der Waals surface area contributed by atoms with Gasteiger partial charge in [0.05, 0.1) is 0 Å². The number of nitriles is 1. The van der Waals surface area contributed by atoms with E-state index in [2.05, 4.69) is 10.6 Å². The largest absolute Gasteiger partial charge is 0.354 e. The van der Waals surface area contributed by atoms with Crippen LogP contribution in [0, 0.1) is 11.3 Å². The van der Waals surface area contributed by atoms with Gasteiger partial charge in [0.15, 0.2) is 0 Å². The molecule has 0 aromatic rings. The minimum absolute atomic E-state index is 0.187. The van der Waals surface area contributed by atoms with Crippen LogP contribution >= 0.6 is 0 Å². The second-order valence-electron chi connectivity index (χ2n) is 2.97. The number of amides is 1. The first-order valence-corrected chi connectivity index (χ1v) is 4.35. The normalized spacial score (nSPS) is 22.5. The van der Waals surface area contributed by atoms with E-state index in [0.29, 0.717) is 0 Å². The lowest BCUT2D eigenvalue weighted by Gasteiger charge is -2.03. The first-order valence-electron chi connectivity index (χ1n) is 4.35. The minimum atomic E-state index is -0.309. The van der Waals surface area contributed by atoms with E-state index in [1.54, 1.807) is 6.08 Å². The lowest BCUT2D eigenvalue weighted by atomic mass is 10.1. The summed E-state index contributed by atoms with van der Waals surface area (Å²) in [6.45, 7) is 0.966. The van der Waals surface area contributed by atoms with Crippen LogP contribution < -0.4 is 10.6 Å². The Balaban J connectivity index is 2.65. The van der Waals surface area contributed by atoms with Gasteiger partial charge in [0.2, 0.25) is 0 Å². The Kier molecular flexibility index (Phi) is 3.47. The van der Waals surface area contributed by atoms with Crippen LogP contribution in [0.15, 0.2) is 11.6 Å². The van der Waals surface area contributed by atoms with Crippen molar-refractivity contribution in [1.82, 2.24) is 10.6 Å². The quantitative estimate of drug-likeness (QED) is 0.461. The maximum atomic E-state index is 11.1. The molecule has 1 amide bonds. The Morgan fingerprint density at radius 3 is 3.00 bits per heavy atom. The third-order valence-corrected chi connectivity index (χ3v) is 2.06. The highest BCUT2D eigenvalue weighted by atomic mass is 16.1. The highest BCUT2D eigenvalue weighted by Crippen LogP contribution is 2.08. The number of nitrogens with one attached hydrogen (secondary N) is 2. The Bertz CT molecular complexity index is 259. The number of hydrogen-bond donors (Lipinski definition) is 2. The fraction of sp³-hybridized carbons (Fsp3) is 0.556. The summed E-state index contributed by atoms with van der Waals surface area (Å²) in [7, 11) is 1.52. The van der Waals surface area contributed by atoms with E-state index >= 15 is 0 Å². The smallest absolute Gasteiger partial charge is 0.261 e. The number of rotatable bonds is 2. The van der Waals surface area contributed by atoms with Crippen LogP contribution in [0.4, 0.5) is 0 Å². The Morgan fingerprint density at radius 1 is 1.77 bits per heavy atom. The van der Waals surface area contributed by atoms with Crippen molar-refractivity contribution in [3.05, 3.63) is 11.6 Å². The van der Waals surface area contributed by atoms with Gasteiger partial charge in [0, 0.05) is 13.1 Å². The number of carbonyl (C=O) groups is 1. The molecule has 1 atom stereocenters. The number of hydrogen-bond acceptors (Lipinski definition) is 3. The predicted molar refractivity (Wildman–Crippen MR) is 48.8 cm³/mol. The van der Waals surface area contributed by atoms with Gasteiger partial charge in [-0.3, -0.25) is 4.79 Å². The van der Waals surface area contributed by atoms with Gasteiger partial charge in [-0.25, -0.2) is 0 Å². The van der Waals surface area contributed by atoms with Gasteiger partial charge in [-0.05, 0) is 25.5 Å². The van der Waals surface area contributed by atoms with Gasteiger partial charge in [-0.15, -0.1) is 0 Å². The molecule has 0 bridgehead atoms. The van der Waals surface area contributed by atoms with Crippen LogP contribution in [0.3, 0.4) is 0 Å². The lowest BCUT2D eigenvalue weighted by Crippen LogP contribution is -2.24. The Morgan fingerprint density at radius 2 is 2.54 bits per heavy atom. The van der Waals surface area contributed by atoms with E-state index < -0.39 is 0 Å². The summed E-state index contributed by atoms with van der Waals surface area (Å²) < 4.78 is 0. The molecule has 0 aliphatic carbocycles. The summed E-state index contributed by atoms with van der Waals surface area (Å²) in [6, 6.07) is 2.08. The van der Waals surface area contributed by atoms with Crippen LogP contribution in [0.25, 0.3) is 0 Å². The van der Waals surface area contributed by atoms with Crippen molar-refractivity contribution in [2.45, 2.75) is 18.9 Å². The second kappa shape index (κ2) is 4.63. The van der Waals surface area contributed by atoms with E-state index in [-0.39, 0.29) is 17.5 Å². The third-order valence-electron chi connectivity index (χ3n) is 2.06. The fourth-order valence-corrected chi connectivity index (χ4v) is 1.35. The van der Waals surface area contributed by atoms with Gasteiger partial charge in [0.1, 0.15) is 11.6 Å². The third kappa shape index (κ3) is 2.56. The fourth-order valence-electron chi connectivity index (χ4n) is 1.35. The summed E-state index contributed by atoms with van der Waals surface area (Å²) in [5.74, 6) is -0.309. The molecule has 2 N–H and O–H groups in total. The predicted octanol–water partition coefficient (Wildman–Crippen LogP) is -0.0656. The molecule has 70 valence electrons. The van der Waals surface area contributed by atoms with E-state index in [0.717, 1.165) is 19.4 Å². The van der Waals surface area contributed by atoms with Crippen LogP contribution in [0.2, 0.25) is 0 Å². The van der Waals surface area contributed by atoms with Crippen molar-refractivity contribution < 1.29 is 4.79 Å². The van der Waals surface area contributed by atoms with Crippen LogP contribution in [0.5, 0.6) is 0 Å². The maximum absolute atomic E-state index is 11.1. The van der Waals surface area contributed by atoms with E-state index in [1.807, 2.05) is 6.07 Å². The molecule has 1 heterocycles. The van der Waals surface area contributed by atoms with Crippen LogP contribution in [-0.2, 0) is 4.79 Å². The average molecular weight is 179 g/mol. The standard InChI is InChI=1S/C9H13N3O/c1-11-9(13)7(6-10)5-8-3-2-4-12-8/h5,8,12H,2-4H2,1H3,(H,11,13). The topological polar surface area (TPSA) is 64.9 Å². The molecule has 1 fully saturated rings. The molecule has 4 nitrogen and oxygen atoms in total. The van der Waals surface area contributed by atoms with Gasteiger partial charge < -0.3 is 10.6 Å². The van der Waals surface area contributed by atoms with Gasteiger partial charge >= 0.3 is 0 Å². The van der Waals surface area contributed by atoms with E-state index in [9.17, 15) is 4.79 Å². The van der Waals surface area contributed by atoms with Gasteiger partial charge in [0.25, 0.3) is 5.91 Å². The molecule has 4 heteroatoms. The first-order chi connectivity index (χ1) is 6.27. The zero-order valence-electron chi connectivity index (χ0n) is 7.63. The van der Waals surface area contributed by atoms with Gasteiger partial charge in [-0.1, -0.05) is 0 Å². The molecule has 13 heavy (non-hydrogen) atoms. The maximum Gasteiger partial charge on any atom is 0.261 e. The lowest BCUT2D eigenvalue weighted by molar-refractivity contribution is -0.116. The highest BCUT2D eigenvalue weighted by Gasteiger charge is 2.14. The van der Waals surface area contributed by atoms with Crippen molar-refractivity contribution in [2.24, 2.45) is 0 Å². The van der Waals surface area contributed by atoms with Crippen molar-refractivity contribution in [1.29, 1.82) is 5.26 Å². The summed E-state index contributed by atoms with van der Waals surface area (Å²) in [6.07, 6.45) is 3.81. The molecule has 0 aromatic heterocycles. The molecule has 1 aliphatic heterocycles. The van der Waals surface area contributed by atoms with Crippen LogP contribution in [-0.4, -0.2) is 25.5 Å². The second-order valence-corrected chi connectivity index (χ2v) is 2.97. The number of likely N-dealkylation sites (N-methyl/N-ethyl adjacent to an activating group) is 1. The Labute approximate surface area is 77.6 Å². The molecule has 0 aromatic carbocycles. The van der Waals surface area contributed by atoms with Gasteiger partial charge in [-0.2, -0.15) is 5.26 Å². The zero-order valence-corrected chi connectivity index (χ0v) is 7.63. The minimum Gasteiger partial charge on any atom is -0.354 e. The van der Waals surface area contributed by atoms with Crippen molar-refractivity contribution in [2.75, 3.05) is 13.6 Å². The molecule has 1 unspecified atom stereocenters. The molecule has 1 rings (SSSR count). The molecule has 1 saturated heterocycles. The SMILES string of the molecule is CNC(=O)C(C#N)=CC1CCCN1. The molecule has 0 saturated carbocycles. The van der Waals surface area contributed by atoms with Crippen molar-refractivity contribution >= 4 is 5.91 Å². The summed E-state index contributed by atoms with van der Waals surface area (Å²) in [5, 5.41) is 14.3. The Hall–Kier alpha value is -1.34. The van der Waals surface area contributed by atoms with Crippen molar-refractivity contribution in [3.63, 3.8) is 0 Å². The summed E-state index contributed by atoms with van der Waals surface area (Å²) >= 11 is 0. The van der Waals surface area contributed by atoms with Crippen molar-refractivity contribution in [3.8, 4) is 6.07 Å². The monoisotopic (exact) mass is 179 g/mol. The van der Waals surface area contributed by atoms with Crippen LogP contribution in [0.1, 0.15) is 12.8 Å². The first kappa shape index (κ1) is 9.75. The average Bonchev–Trinajstić information content (AvgIpc) is 2.65. The van der Waals surface area contributed by atoms with E-state index in [4.69, 9.17) is 5.26 Å². The summed E-state index contributed by atoms with van der Waals surface area (Å²) in [5.41, 5.74) is 0.196. The molecule has 1 aliphatic rings. The number of carbonyl (C=O) groups excluding carboxylic acids is 1. The molecular formula is C9H13N3O. The summed E-state index contributed by atoms with van der Waals surface area (Å²) in [4.78, 5) is 11.1. The zero-order chi connectivity index (χ0) is 9.68. The molecule has 0 radical (unpaired) electrons. The van der Waals surface area contributed by atoms with E-state index in [1.165, 1.54) is 7.05 Å². The molecule has 0 spiro atoms.